The second-order valence-corrected chi connectivity index (χ2v) is 5.92. The maximum Gasteiger partial charge on any atom is 0.419 e. The van der Waals surface area contributed by atoms with Crippen LogP contribution in [0.2, 0.25) is 5.02 Å². The largest absolute Gasteiger partial charge is 0.462 e. The van der Waals surface area contributed by atoms with Crippen molar-refractivity contribution in [2.45, 2.75) is 13.0 Å². The topological polar surface area (TPSA) is 105 Å². The van der Waals surface area contributed by atoms with Gasteiger partial charge in [0.25, 0.3) is 5.69 Å². The van der Waals surface area contributed by atoms with Crippen LogP contribution in [0.15, 0.2) is 45.6 Å². The van der Waals surface area contributed by atoms with E-state index in [-0.39, 0.29) is 46.9 Å². The summed E-state index contributed by atoms with van der Waals surface area (Å²) in [5.41, 5.74) is -0.0724. The van der Waals surface area contributed by atoms with Crippen molar-refractivity contribution in [2.24, 2.45) is 0 Å². The number of fused-ring (bicyclic) bond motifs is 1. The number of carbonyl (C=O) groups is 1. The lowest BCUT2D eigenvalue weighted by atomic mass is 10.2. The highest BCUT2D eigenvalue weighted by molar-refractivity contribution is 6.33. The quantitative estimate of drug-likeness (QED) is 0.274. The zero-order chi connectivity index (χ0) is 19.6. The molecule has 0 bridgehead atoms. The number of ether oxygens (including phenoxy) is 1. The molecule has 0 spiro atoms. The number of carbonyl (C=O) groups excluding carboxylic acids is 1. The van der Waals surface area contributed by atoms with Gasteiger partial charge in [0.1, 0.15) is 11.4 Å². The molecule has 0 atom stereocenters. The average Bonchev–Trinajstić information content (AvgIpc) is 2.93. The van der Waals surface area contributed by atoms with Gasteiger partial charge in [-0.25, -0.2) is 14.0 Å². The Labute approximate surface area is 155 Å². The highest BCUT2D eigenvalue weighted by Gasteiger charge is 2.18. The molecule has 27 heavy (non-hydrogen) atoms. The monoisotopic (exact) mass is 394 g/mol. The average molecular weight is 395 g/mol. The number of hydrogen-bond acceptors (Lipinski definition) is 6. The van der Waals surface area contributed by atoms with Crippen LogP contribution in [0.1, 0.15) is 16.8 Å². The third-order valence-corrected chi connectivity index (χ3v) is 4.10. The van der Waals surface area contributed by atoms with Crippen LogP contribution in [0.5, 0.6) is 0 Å². The van der Waals surface area contributed by atoms with Gasteiger partial charge in [0.05, 0.1) is 22.1 Å². The van der Waals surface area contributed by atoms with E-state index in [2.05, 4.69) is 0 Å². The van der Waals surface area contributed by atoms with Crippen molar-refractivity contribution in [3.8, 4) is 0 Å². The fourth-order valence-electron chi connectivity index (χ4n) is 2.53. The molecule has 0 aliphatic rings. The lowest BCUT2D eigenvalue weighted by molar-refractivity contribution is -0.384. The van der Waals surface area contributed by atoms with Gasteiger partial charge in [-0.3, -0.25) is 14.7 Å². The summed E-state index contributed by atoms with van der Waals surface area (Å²) in [5.74, 6) is -2.40. The van der Waals surface area contributed by atoms with Gasteiger partial charge in [-0.05, 0) is 24.6 Å². The number of hydrogen-bond donors (Lipinski definition) is 0. The van der Waals surface area contributed by atoms with Crippen molar-refractivity contribution in [1.82, 2.24) is 4.57 Å². The highest BCUT2D eigenvalue weighted by atomic mass is 35.5. The van der Waals surface area contributed by atoms with Crippen molar-refractivity contribution in [2.75, 3.05) is 6.61 Å². The SMILES string of the molecule is O=C(OCCCn1c(=O)oc2ccc([N+](=O)[O-])cc21)c1c(F)cccc1Cl. The Balaban J connectivity index is 1.68. The summed E-state index contributed by atoms with van der Waals surface area (Å²) >= 11 is 5.79. The standard InChI is InChI=1S/C17H12ClFN2O6/c18-11-3-1-4-12(19)15(11)16(22)26-8-2-7-20-13-9-10(21(24)25)5-6-14(13)27-17(20)23/h1,3-6,9H,2,7-8H2. The minimum absolute atomic E-state index is 0.0654. The maximum absolute atomic E-state index is 13.7. The first-order valence-corrected chi connectivity index (χ1v) is 8.15. The Morgan fingerprint density at radius 3 is 2.81 bits per heavy atom. The van der Waals surface area contributed by atoms with Gasteiger partial charge < -0.3 is 9.15 Å². The Morgan fingerprint density at radius 1 is 1.33 bits per heavy atom. The van der Waals surface area contributed by atoms with Crippen LogP contribution in [0.3, 0.4) is 0 Å². The number of esters is 1. The zero-order valence-corrected chi connectivity index (χ0v) is 14.4. The van der Waals surface area contributed by atoms with E-state index in [1.807, 2.05) is 0 Å². The van der Waals surface area contributed by atoms with Crippen molar-refractivity contribution >= 4 is 34.4 Å². The number of nitro groups is 1. The fourth-order valence-corrected chi connectivity index (χ4v) is 2.77. The Kier molecular flexibility index (Phi) is 5.22. The van der Waals surface area contributed by atoms with E-state index < -0.39 is 22.5 Å². The smallest absolute Gasteiger partial charge is 0.419 e. The number of halogens is 2. The summed E-state index contributed by atoms with van der Waals surface area (Å²) in [5, 5.41) is 10.8. The third kappa shape index (κ3) is 3.82. The number of rotatable bonds is 6. The second-order valence-electron chi connectivity index (χ2n) is 5.51. The van der Waals surface area contributed by atoms with Crippen LogP contribution in [-0.2, 0) is 11.3 Å². The molecule has 0 N–H and O–H groups in total. The molecule has 1 aromatic heterocycles. The molecule has 3 aromatic rings. The minimum Gasteiger partial charge on any atom is -0.462 e. The molecular formula is C17H12ClFN2O6. The van der Waals surface area contributed by atoms with Gasteiger partial charge in [0.2, 0.25) is 0 Å². The van der Waals surface area contributed by atoms with Gasteiger partial charge in [-0.1, -0.05) is 17.7 Å². The van der Waals surface area contributed by atoms with E-state index in [1.165, 1.54) is 34.9 Å². The molecular weight excluding hydrogens is 383 g/mol. The number of nitrogens with zero attached hydrogens (tertiary/aromatic N) is 2. The predicted octanol–water partition coefficient (Wildman–Crippen LogP) is 3.54. The second kappa shape index (κ2) is 7.58. The molecule has 0 aliphatic heterocycles. The summed E-state index contributed by atoms with van der Waals surface area (Å²) in [6.07, 6.45) is 0.203. The minimum atomic E-state index is -0.918. The molecule has 10 heteroatoms. The predicted molar refractivity (Wildman–Crippen MR) is 93.4 cm³/mol. The fraction of sp³-hybridized carbons (Fsp3) is 0.176. The lowest BCUT2D eigenvalue weighted by Gasteiger charge is -2.07. The van der Waals surface area contributed by atoms with Crippen LogP contribution >= 0.6 is 11.6 Å². The van der Waals surface area contributed by atoms with Crippen molar-refractivity contribution < 1.29 is 23.3 Å². The first kappa shape index (κ1) is 18.6. The summed E-state index contributed by atoms with van der Waals surface area (Å²) in [4.78, 5) is 34.1. The summed E-state index contributed by atoms with van der Waals surface area (Å²) in [7, 11) is 0. The number of aryl methyl sites for hydroxylation is 1. The molecule has 0 radical (unpaired) electrons. The summed E-state index contributed by atoms with van der Waals surface area (Å²) in [6.45, 7) is -0.0250. The first-order chi connectivity index (χ1) is 12.9. The van der Waals surface area contributed by atoms with Gasteiger partial charge >= 0.3 is 11.7 Å². The van der Waals surface area contributed by atoms with Gasteiger partial charge in [-0.15, -0.1) is 0 Å². The number of aromatic nitrogens is 1. The number of benzene rings is 2. The highest BCUT2D eigenvalue weighted by Crippen LogP contribution is 2.21. The van der Waals surface area contributed by atoms with Crippen molar-refractivity contribution in [3.05, 3.63) is 73.5 Å². The Bertz CT molecular complexity index is 1070. The molecule has 1 heterocycles. The lowest BCUT2D eigenvalue weighted by Crippen LogP contribution is -2.16. The summed E-state index contributed by atoms with van der Waals surface area (Å²) < 4.78 is 24.9. The molecule has 0 fully saturated rings. The van der Waals surface area contributed by atoms with Crippen LogP contribution < -0.4 is 5.76 Å². The van der Waals surface area contributed by atoms with Gasteiger partial charge in [-0.2, -0.15) is 0 Å². The molecule has 0 amide bonds. The van der Waals surface area contributed by atoms with Crippen molar-refractivity contribution in [1.29, 1.82) is 0 Å². The molecule has 3 rings (SSSR count). The third-order valence-electron chi connectivity index (χ3n) is 3.79. The van der Waals surface area contributed by atoms with E-state index in [4.69, 9.17) is 20.8 Å². The van der Waals surface area contributed by atoms with E-state index in [1.54, 1.807) is 0 Å². The molecule has 8 nitrogen and oxygen atoms in total. The Morgan fingerprint density at radius 2 is 2.11 bits per heavy atom. The van der Waals surface area contributed by atoms with Crippen LogP contribution in [-0.4, -0.2) is 22.1 Å². The first-order valence-electron chi connectivity index (χ1n) is 7.77. The normalized spacial score (nSPS) is 10.9. The summed E-state index contributed by atoms with van der Waals surface area (Å²) in [6, 6.07) is 7.62. The molecule has 0 saturated heterocycles. The van der Waals surface area contributed by atoms with Gasteiger partial charge in [0, 0.05) is 18.7 Å². The van der Waals surface area contributed by atoms with E-state index in [9.17, 15) is 24.1 Å². The zero-order valence-electron chi connectivity index (χ0n) is 13.7. The van der Waals surface area contributed by atoms with E-state index in [0.717, 1.165) is 6.07 Å². The molecule has 0 aliphatic carbocycles. The molecule has 0 unspecified atom stereocenters. The van der Waals surface area contributed by atoms with E-state index >= 15 is 0 Å². The van der Waals surface area contributed by atoms with Crippen molar-refractivity contribution in [3.63, 3.8) is 0 Å². The Hall–Kier alpha value is -3.20. The number of non-ortho nitro benzene ring substituents is 1. The maximum atomic E-state index is 13.7. The van der Waals surface area contributed by atoms with Crippen LogP contribution in [0.4, 0.5) is 10.1 Å². The number of nitro benzene ring substituents is 1. The van der Waals surface area contributed by atoms with Gasteiger partial charge in [0.15, 0.2) is 5.58 Å². The molecule has 2 aromatic carbocycles. The molecule has 140 valence electrons. The molecule has 0 saturated carbocycles. The number of oxazole rings is 1. The van der Waals surface area contributed by atoms with E-state index in [0.29, 0.717) is 0 Å². The van der Waals surface area contributed by atoms with Crippen LogP contribution in [0.25, 0.3) is 11.1 Å². The van der Waals surface area contributed by atoms with Crippen LogP contribution in [0, 0.1) is 15.9 Å².